The molecule has 2 aliphatic rings. The molecule has 0 saturated heterocycles. The van der Waals surface area contributed by atoms with Crippen LogP contribution < -0.4 is 9.47 Å². The molecule has 0 N–H and O–H groups in total. The number of aromatic nitrogens is 2. The molecule has 214 valence electrons. The fourth-order valence-corrected chi connectivity index (χ4v) is 6.93. The zero-order valence-corrected chi connectivity index (χ0v) is 24.9. The number of benzene rings is 6. The van der Waals surface area contributed by atoms with Gasteiger partial charge < -0.3 is 9.47 Å². The molecule has 1 aromatic heterocycles. The van der Waals surface area contributed by atoms with Gasteiger partial charge in [0.05, 0.1) is 11.4 Å². The van der Waals surface area contributed by atoms with E-state index in [2.05, 4.69) is 98.8 Å². The highest BCUT2D eigenvalue weighted by Crippen LogP contribution is 2.59. The Kier molecular flexibility index (Phi) is 5.51. The molecule has 0 fully saturated rings. The predicted octanol–water partition coefficient (Wildman–Crippen LogP) is 10.8. The average Bonchev–Trinajstić information content (AvgIpc) is 3.33. The number of rotatable bonds is 3. The Morgan fingerprint density at radius 1 is 0.511 bits per heavy atom. The summed E-state index contributed by atoms with van der Waals surface area (Å²) >= 11 is 0. The van der Waals surface area contributed by atoms with E-state index in [-0.39, 0.29) is 5.41 Å². The van der Waals surface area contributed by atoms with Gasteiger partial charge in [0.25, 0.3) is 0 Å². The summed E-state index contributed by atoms with van der Waals surface area (Å²) in [7, 11) is 0. The van der Waals surface area contributed by atoms with Crippen molar-refractivity contribution >= 4 is 10.8 Å². The Morgan fingerprint density at radius 3 is 2.09 bits per heavy atom. The Morgan fingerprint density at radius 2 is 1.18 bits per heavy atom. The molecule has 0 radical (unpaired) electrons. The van der Waals surface area contributed by atoms with Crippen molar-refractivity contribution in [3.63, 3.8) is 0 Å². The minimum absolute atomic E-state index is 0.126. The molecule has 0 amide bonds. The minimum atomic E-state index is -0.126. The standard InChI is InChI=1S/C41H28N2O2/c1-41(2)31-20-9-8-17-29(31)37-32(41)22-23-36-39(37)45-35-21-11-19-30(38(35)44-36)34-24-33(26-13-4-3-5-14-26)42-40(43-34)28-18-10-15-25-12-6-7-16-27(25)28/h3-24H,1-2H3. The highest BCUT2D eigenvalue weighted by molar-refractivity contribution is 5.96. The maximum absolute atomic E-state index is 6.75. The Balaban J connectivity index is 1.22. The molecule has 45 heavy (non-hydrogen) atoms. The molecule has 4 heteroatoms. The van der Waals surface area contributed by atoms with Gasteiger partial charge in [0.2, 0.25) is 0 Å². The summed E-state index contributed by atoms with van der Waals surface area (Å²) in [5, 5.41) is 2.25. The first-order valence-electron chi connectivity index (χ1n) is 15.3. The predicted molar refractivity (Wildman–Crippen MR) is 180 cm³/mol. The summed E-state index contributed by atoms with van der Waals surface area (Å²) in [6, 6.07) is 45.7. The third-order valence-corrected chi connectivity index (χ3v) is 9.17. The summed E-state index contributed by atoms with van der Waals surface area (Å²) in [5.74, 6) is 3.45. The highest BCUT2D eigenvalue weighted by Gasteiger charge is 2.39. The average molecular weight is 581 g/mol. The number of ether oxygens (including phenoxy) is 2. The van der Waals surface area contributed by atoms with Crippen molar-refractivity contribution in [1.29, 1.82) is 0 Å². The molecule has 0 bridgehead atoms. The van der Waals surface area contributed by atoms with Gasteiger partial charge in [-0.05, 0) is 51.7 Å². The third-order valence-electron chi connectivity index (χ3n) is 9.17. The first kappa shape index (κ1) is 25.7. The van der Waals surface area contributed by atoms with Gasteiger partial charge in [-0.1, -0.05) is 123 Å². The lowest BCUT2D eigenvalue weighted by molar-refractivity contribution is 0.361. The van der Waals surface area contributed by atoms with Gasteiger partial charge in [0.1, 0.15) is 0 Å². The molecule has 0 atom stereocenters. The highest BCUT2D eigenvalue weighted by atomic mass is 16.6. The van der Waals surface area contributed by atoms with E-state index in [9.17, 15) is 0 Å². The molecule has 0 spiro atoms. The van der Waals surface area contributed by atoms with E-state index in [1.807, 2.05) is 48.5 Å². The second-order valence-corrected chi connectivity index (χ2v) is 12.2. The monoisotopic (exact) mass is 580 g/mol. The van der Waals surface area contributed by atoms with Crippen molar-refractivity contribution in [2.24, 2.45) is 0 Å². The van der Waals surface area contributed by atoms with Crippen LogP contribution in [0.2, 0.25) is 0 Å². The van der Waals surface area contributed by atoms with Crippen LogP contribution in [0.15, 0.2) is 133 Å². The SMILES string of the molecule is CC1(C)c2ccccc2-c2c1ccc1c2Oc2cccc(-c3cc(-c4ccccc4)nc(-c4cccc5ccccc45)n3)c2O1. The van der Waals surface area contributed by atoms with Crippen LogP contribution in [0, 0.1) is 0 Å². The lowest BCUT2D eigenvalue weighted by Gasteiger charge is -2.26. The van der Waals surface area contributed by atoms with E-state index in [1.165, 1.54) is 16.7 Å². The molecule has 4 nitrogen and oxygen atoms in total. The molecule has 1 aliphatic heterocycles. The largest absolute Gasteiger partial charge is 0.449 e. The summed E-state index contributed by atoms with van der Waals surface area (Å²) in [6.07, 6.45) is 0. The van der Waals surface area contributed by atoms with Crippen molar-refractivity contribution in [2.45, 2.75) is 19.3 Å². The number of hydrogen-bond acceptors (Lipinski definition) is 4. The van der Waals surface area contributed by atoms with Crippen molar-refractivity contribution in [3.8, 4) is 68.0 Å². The van der Waals surface area contributed by atoms with Crippen molar-refractivity contribution < 1.29 is 9.47 Å². The first-order chi connectivity index (χ1) is 22.1. The third kappa shape index (κ3) is 3.92. The van der Waals surface area contributed by atoms with Crippen LogP contribution in [0.1, 0.15) is 25.0 Å². The molecule has 1 aliphatic carbocycles. The van der Waals surface area contributed by atoms with E-state index in [4.69, 9.17) is 19.4 Å². The fraction of sp³-hybridized carbons (Fsp3) is 0.0732. The minimum Gasteiger partial charge on any atom is -0.449 e. The molecule has 2 heterocycles. The van der Waals surface area contributed by atoms with Crippen LogP contribution in [-0.4, -0.2) is 9.97 Å². The van der Waals surface area contributed by atoms with E-state index in [0.717, 1.165) is 50.2 Å². The van der Waals surface area contributed by atoms with Crippen LogP contribution in [0.4, 0.5) is 0 Å². The van der Waals surface area contributed by atoms with Gasteiger partial charge in [0.15, 0.2) is 28.8 Å². The number of para-hydroxylation sites is 1. The lowest BCUT2D eigenvalue weighted by atomic mass is 9.82. The molecular formula is C41H28N2O2. The summed E-state index contributed by atoms with van der Waals surface area (Å²) in [6.45, 7) is 4.54. The second kappa shape index (κ2) is 9.63. The van der Waals surface area contributed by atoms with Crippen LogP contribution in [-0.2, 0) is 5.41 Å². The van der Waals surface area contributed by atoms with Gasteiger partial charge in [-0.2, -0.15) is 0 Å². The van der Waals surface area contributed by atoms with Gasteiger partial charge in [-0.25, -0.2) is 9.97 Å². The normalized spacial score (nSPS) is 13.6. The topological polar surface area (TPSA) is 44.2 Å². The number of hydrogen-bond donors (Lipinski definition) is 0. The molecule has 0 unspecified atom stereocenters. The quantitative estimate of drug-likeness (QED) is 0.208. The van der Waals surface area contributed by atoms with Crippen LogP contribution in [0.3, 0.4) is 0 Å². The first-order valence-corrected chi connectivity index (χ1v) is 15.3. The second-order valence-electron chi connectivity index (χ2n) is 12.2. The smallest absolute Gasteiger partial charge is 0.179 e. The molecule has 0 saturated carbocycles. The molecule has 7 aromatic rings. The van der Waals surface area contributed by atoms with Crippen molar-refractivity contribution in [2.75, 3.05) is 0 Å². The molecular weight excluding hydrogens is 552 g/mol. The summed E-state index contributed by atoms with van der Waals surface area (Å²) < 4.78 is 13.5. The maximum atomic E-state index is 6.75. The maximum Gasteiger partial charge on any atom is 0.179 e. The van der Waals surface area contributed by atoms with Gasteiger partial charge in [0, 0.05) is 27.7 Å². The zero-order valence-electron chi connectivity index (χ0n) is 24.9. The van der Waals surface area contributed by atoms with E-state index >= 15 is 0 Å². The van der Waals surface area contributed by atoms with Crippen LogP contribution in [0.5, 0.6) is 23.0 Å². The van der Waals surface area contributed by atoms with E-state index < -0.39 is 0 Å². The number of nitrogens with zero attached hydrogens (tertiary/aromatic N) is 2. The van der Waals surface area contributed by atoms with Gasteiger partial charge >= 0.3 is 0 Å². The van der Waals surface area contributed by atoms with E-state index in [0.29, 0.717) is 23.1 Å². The van der Waals surface area contributed by atoms with Gasteiger partial charge in [-0.3, -0.25) is 0 Å². The Bertz CT molecular complexity index is 2300. The number of fused-ring (bicyclic) bond motifs is 7. The van der Waals surface area contributed by atoms with Crippen LogP contribution in [0.25, 0.3) is 55.8 Å². The van der Waals surface area contributed by atoms with Gasteiger partial charge in [-0.15, -0.1) is 0 Å². The Labute approximate surface area is 261 Å². The lowest BCUT2D eigenvalue weighted by Crippen LogP contribution is -2.15. The summed E-state index contributed by atoms with van der Waals surface area (Å²) in [5.41, 5.74) is 9.18. The molecule has 6 aromatic carbocycles. The van der Waals surface area contributed by atoms with Crippen LogP contribution >= 0.6 is 0 Å². The Hall–Kier alpha value is -5.74. The van der Waals surface area contributed by atoms with Crippen molar-refractivity contribution in [3.05, 3.63) is 145 Å². The fourth-order valence-electron chi connectivity index (χ4n) is 6.93. The van der Waals surface area contributed by atoms with E-state index in [1.54, 1.807) is 0 Å². The zero-order chi connectivity index (χ0) is 30.1. The van der Waals surface area contributed by atoms with Crippen molar-refractivity contribution in [1.82, 2.24) is 9.97 Å². The molecule has 9 rings (SSSR count). The summed E-state index contributed by atoms with van der Waals surface area (Å²) in [4.78, 5) is 10.3.